The summed E-state index contributed by atoms with van der Waals surface area (Å²) in [4.78, 5) is 0. The van der Waals surface area contributed by atoms with E-state index in [1.54, 1.807) is 7.11 Å². The van der Waals surface area contributed by atoms with Crippen LogP contribution in [0.3, 0.4) is 0 Å². The summed E-state index contributed by atoms with van der Waals surface area (Å²) in [6.07, 6.45) is 5.43. The normalized spacial score (nSPS) is 13.9. The van der Waals surface area contributed by atoms with E-state index in [9.17, 15) is 0 Å². The van der Waals surface area contributed by atoms with Crippen molar-refractivity contribution >= 4 is 15.8 Å². The first-order valence-corrected chi connectivity index (χ1v) is 7.26. The number of allylic oxidation sites excluding steroid dienone is 1. The Kier molecular flexibility index (Phi) is 6.81. The van der Waals surface area contributed by atoms with Gasteiger partial charge in [-0.15, -0.1) is 0 Å². The molecule has 0 heterocycles. The Bertz CT molecular complexity index is 298. The molecule has 0 radical (unpaired) electrons. The number of methoxy groups -OCH3 is 1. The van der Waals surface area contributed by atoms with E-state index in [2.05, 4.69) is 36.4 Å². The van der Waals surface area contributed by atoms with Crippen molar-refractivity contribution in [2.45, 2.75) is 25.7 Å². The molecule has 2 nitrogen and oxygen atoms in total. The second-order valence-electron chi connectivity index (χ2n) is 3.63. The van der Waals surface area contributed by atoms with E-state index in [4.69, 9.17) is 9.16 Å². The van der Waals surface area contributed by atoms with Crippen LogP contribution in [0.4, 0.5) is 0 Å². The Morgan fingerprint density at radius 3 is 2.75 bits per heavy atom. The molecule has 0 saturated carbocycles. The molecule has 0 amide bonds. The first-order chi connectivity index (χ1) is 7.83. The highest BCUT2D eigenvalue weighted by molar-refractivity contribution is 6.27. The molecule has 0 fully saturated rings. The lowest BCUT2D eigenvalue weighted by molar-refractivity contribution is -0.0371. The Morgan fingerprint density at radius 2 is 2.06 bits per heavy atom. The van der Waals surface area contributed by atoms with E-state index in [1.807, 2.05) is 13.0 Å². The van der Waals surface area contributed by atoms with Gasteiger partial charge in [-0.25, -0.2) is 0 Å². The van der Waals surface area contributed by atoms with E-state index in [1.165, 1.54) is 5.56 Å². The van der Waals surface area contributed by atoms with Crippen LogP contribution in [0.15, 0.2) is 36.4 Å². The fourth-order valence-corrected chi connectivity index (χ4v) is 2.34. The second kappa shape index (κ2) is 8.27. The zero-order valence-corrected chi connectivity index (χ0v) is 11.5. The molecule has 1 rings (SSSR count). The van der Waals surface area contributed by atoms with Crippen LogP contribution in [0.25, 0.3) is 6.08 Å². The zero-order valence-electron chi connectivity index (χ0n) is 10.1. The third kappa shape index (κ3) is 5.85. The summed E-state index contributed by atoms with van der Waals surface area (Å²) in [6, 6.07) is 11.5. The lowest BCUT2D eigenvalue weighted by Crippen LogP contribution is -2.12. The van der Waals surface area contributed by atoms with Crippen molar-refractivity contribution in [3.05, 3.63) is 42.0 Å². The van der Waals surface area contributed by atoms with Crippen molar-refractivity contribution in [1.29, 1.82) is 0 Å². The molecule has 0 spiro atoms. The van der Waals surface area contributed by atoms with E-state index in [0.29, 0.717) is 0 Å². The van der Waals surface area contributed by atoms with Gasteiger partial charge in [0.25, 0.3) is 0 Å². The first kappa shape index (κ1) is 13.2. The van der Waals surface area contributed by atoms with Crippen LogP contribution in [0.1, 0.15) is 18.9 Å². The van der Waals surface area contributed by atoms with Crippen LogP contribution in [0, 0.1) is 0 Å². The van der Waals surface area contributed by atoms with E-state index in [0.717, 1.165) is 12.5 Å². The minimum Gasteiger partial charge on any atom is -0.400 e. The van der Waals surface area contributed by atoms with Gasteiger partial charge in [0, 0.05) is 7.11 Å². The monoisotopic (exact) mass is 236 g/mol. The van der Waals surface area contributed by atoms with Gasteiger partial charge in [0.1, 0.15) is 6.29 Å². The first-order valence-electron chi connectivity index (χ1n) is 5.69. The summed E-state index contributed by atoms with van der Waals surface area (Å²) in [5.74, 6) is 0. The average Bonchev–Trinajstić information content (AvgIpc) is 2.34. The quantitative estimate of drug-likeness (QED) is 0.411. The third-order valence-electron chi connectivity index (χ3n) is 2.31. The molecule has 0 aromatic heterocycles. The Hall–Kier alpha value is -0.903. The van der Waals surface area contributed by atoms with Crippen molar-refractivity contribution in [2.75, 3.05) is 7.11 Å². The summed E-state index contributed by atoms with van der Waals surface area (Å²) in [6.45, 7) is 1.94. The molecule has 1 atom stereocenters. The summed E-state index contributed by atoms with van der Waals surface area (Å²) in [5, 5.41) is 0. The van der Waals surface area contributed by atoms with Gasteiger partial charge < -0.3 is 9.16 Å². The number of ether oxygens (including phenoxy) is 1. The number of rotatable bonds is 7. The fourth-order valence-electron chi connectivity index (χ4n) is 1.30. The highest BCUT2D eigenvalue weighted by Crippen LogP contribution is 2.03. The minimum atomic E-state index is -0.424. The molecule has 3 heteroatoms. The van der Waals surface area contributed by atoms with Gasteiger partial charge in [-0.3, -0.25) is 0 Å². The highest BCUT2D eigenvalue weighted by Gasteiger charge is 1.96. The van der Waals surface area contributed by atoms with Gasteiger partial charge in [-0.05, 0) is 25.0 Å². The average molecular weight is 236 g/mol. The number of benzene rings is 1. The molecular formula is C13H20O2Si. The molecule has 0 aliphatic rings. The fraction of sp³-hybridized carbons (Fsp3) is 0.385. The molecular weight excluding hydrogens is 216 g/mol. The molecule has 0 aliphatic carbocycles. The molecule has 0 saturated heterocycles. The number of hydrogen-bond acceptors (Lipinski definition) is 2. The largest absolute Gasteiger partial charge is 0.400 e. The molecule has 0 bridgehead atoms. The van der Waals surface area contributed by atoms with Crippen molar-refractivity contribution < 1.29 is 9.16 Å². The summed E-state index contributed by atoms with van der Waals surface area (Å²) in [7, 11) is 1.25. The Balaban J connectivity index is 2.09. The van der Waals surface area contributed by atoms with Crippen LogP contribution >= 0.6 is 0 Å². The van der Waals surface area contributed by atoms with Gasteiger partial charge in [0.2, 0.25) is 0 Å². The SMILES string of the molecule is COC(C)O[SiH2]CCC=Cc1ccccc1. The molecule has 1 aromatic carbocycles. The van der Waals surface area contributed by atoms with Crippen LogP contribution in [0.5, 0.6) is 0 Å². The third-order valence-corrected chi connectivity index (χ3v) is 3.71. The summed E-state index contributed by atoms with van der Waals surface area (Å²) < 4.78 is 10.5. The molecule has 1 aromatic rings. The molecule has 0 N–H and O–H groups in total. The van der Waals surface area contributed by atoms with Gasteiger partial charge in [0.15, 0.2) is 9.76 Å². The van der Waals surface area contributed by atoms with Crippen molar-refractivity contribution in [3.63, 3.8) is 0 Å². The van der Waals surface area contributed by atoms with E-state index < -0.39 is 9.76 Å². The maximum atomic E-state index is 5.53. The lowest BCUT2D eigenvalue weighted by Gasteiger charge is -2.09. The van der Waals surface area contributed by atoms with Gasteiger partial charge in [-0.1, -0.05) is 42.5 Å². The van der Waals surface area contributed by atoms with Crippen molar-refractivity contribution in [1.82, 2.24) is 0 Å². The van der Waals surface area contributed by atoms with Gasteiger partial charge in [0.05, 0.1) is 0 Å². The minimum absolute atomic E-state index is 0.0373. The predicted octanol–water partition coefficient (Wildman–Crippen LogP) is 2.60. The van der Waals surface area contributed by atoms with Crippen LogP contribution in [-0.2, 0) is 9.16 Å². The highest BCUT2D eigenvalue weighted by atomic mass is 28.2. The van der Waals surface area contributed by atoms with Crippen molar-refractivity contribution in [3.8, 4) is 0 Å². The lowest BCUT2D eigenvalue weighted by atomic mass is 10.2. The Morgan fingerprint density at radius 1 is 1.31 bits per heavy atom. The van der Waals surface area contributed by atoms with Gasteiger partial charge >= 0.3 is 0 Å². The molecule has 16 heavy (non-hydrogen) atoms. The molecule has 1 unspecified atom stereocenters. The van der Waals surface area contributed by atoms with E-state index in [-0.39, 0.29) is 6.29 Å². The molecule has 88 valence electrons. The number of hydrogen-bond donors (Lipinski definition) is 0. The standard InChI is InChI=1S/C13H20O2Si/c1-12(14-2)15-16-11-7-6-10-13-8-4-3-5-9-13/h3-6,8-10,12H,7,11,16H2,1-2H3. The molecule has 0 aliphatic heterocycles. The summed E-state index contributed by atoms with van der Waals surface area (Å²) in [5.41, 5.74) is 1.26. The maximum absolute atomic E-state index is 5.53. The van der Waals surface area contributed by atoms with Crippen molar-refractivity contribution in [2.24, 2.45) is 0 Å². The van der Waals surface area contributed by atoms with Crippen LogP contribution in [-0.4, -0.2) is 23.2 Å². The summed E-state index contributed by atoms with van der Waals surface area (Å²) >= 11 is 0. The van der Waals surface area contributed by atoms with Gasteiger partial charge in [-0.2, -0.15) is 0 Å². The van der Waals surface area contributed by atoms with E-state index >= 15 is 0 Å². The van der Waals surface area contributed by atoms with Crippen LogP contribution < -0.4 is 0 Å². The smallest absolute Gasteiger partial charge is 0.165 e. The predicted molar refractivity (Wildman–Crippen MR) is 71.0 cm³/mol. The van der Waals surface area contributed by atoms with Crippen LogP contribution in [0.2, 0.25) is 6.04 Å². The maximum Gasteiger partial charge on any atom is 0.165 e. The zero-order chi connectivity index (χ0) is 11.6. The Labute approximate surface area is 100 Å². The second-order valence-corrected chi connectivity index (χ2v) is 5.08. The topological polar surface area (TPSA) is 18.5 Å².